The van der Waals surface area contributed by atoms with Gasteiger partial charge in [-0.1, -0.05) is 23.2 Å². The molecule has 0 radical (unpaired) electrons. The van der Waals surface area contributed by atoms with E-state index >= 15 is 0 Å². The quantitative estimate of drug-likeness (QED) is 0.789. The number of aliphatic hydroxyl groups is 1. The maximum Gasteiger partial charge on any atom is 0.237 e. The topological polar surface area (TPSA) is 61.4 Å². The largest absolute Gasteiger partial charge is 0.387 e. The molecule has 112 valence electrons. The number of hydrogen-bond acceptors (Lipinski definition) is 3. The molecule has 20 heavy (non-hydrogen) atoms. The van der Waals surface area contributed by atoms with Crippen LogP contribution in [0.2, 0.25) is 10.0 Å². The summed E-state index contributed by atoms with van der Waals surface area (Å²) in [5.74, 6) is -0.0790. The van der Waals surface area contributed by atoms with Crippen LogP contribution in [0.1, 0.15) is 24.5 Å². The second-order valence-corrected chi connectivity index (χ2v) is 5.49. The zero-order chi connectivity index (χ0) is 13.8. The molecule has 0 aliphatic carbocycles. The van der Waals surface area contributed by atoms with Crippen LogP contribution in [-0.2, 0) is 4.79 Å². The van der Waals surface area contributed by atoms with Gasteiger partial charge in [0.05, 0.1) is 12.1 Å². The Bertz CT molecular complexity index is 445. The second kappa shape index (κ2) is 8.05. The van der Waals surface area contributed by atoms with E-state index in [0.29, 0.717) is 15.6 Å². The van der Waals surface area contributed by atoms with Crippen molar-refractivity contribution in [2.24, 2.45) is 0 Å². The third-order valence-corrected chi connectivity index (χ3v) is 3.55. The third-order valence-electron chi connectivity index (χ3n) is 3.12. The molecular formula is C13H17Cl3N2O2. The number of carbonyl (C=O) groups excluding carboxylic acids is 1. The fraction of sp³-hybridized carbons (Fsp3) is 0.462. The second-order valence-electron chi connectivity index (χ2n) is 4.61. The molecule has 0 spiro atoms. The van der Waals surface area contributed by atoms with Crippen LogP contribution >= 0.6 is 35.6 Å². The Kier molecular flexibility index (Phi) is 7.06. The molecule has 1 aromatic carbocycles. The van der Waals surface area contributed by atoms with Crippen molar-refractivity contribution in [2.45, 2.75) is 25.0 Å². The Morgan fingerprint density at radius 1 is 1.40 bits per heavy atom. The van der Waals surface area contributed by atoms with Crippen molar-refractivity contribution >= 4 is 41.5 Å². The molecule has 1 amide bonds. The summed E-state index contributed by atoms with van der Waals surface area (Å²) in [6.45, 7) is 1.01. The first-order valence-corrected chi connectivity index (χ1v) is 6.97. The van der Waals surface area contributed by atoms with Crippen molar-refractivity contribution in [3.8, 4) is 0 Å². The lowest BCUT2D eigenvalue weighted by atomic mass is 10.1. The van der Waals surface area contributed by atoms with Crippen molar-refractivity contribution in [3.63, 3.8) is 0 Å². The predicted molar refractivity (Wildman–Crippen MR) is 82.7 cm³/mol. The monoisotopic (exact) mass is 338 g/mol. The van der Waals surface area contributed by atoms with E-state index in [0.717, 1.165) is 19.4 Å². The molecule has 1 aliphatic heterocycles. The molecule has 1 aliphatic rings. The molecule has 1 unspecified atom stereocenters. The number of nitrogens with one attached hydrogen (secondary N) is 2. The van der Waals surface area contributed by atoms with Crippen LogP contribution in [0.3, 0.4) is 0 Å². The van der Waals surface area contributed by atoms with Crippen molar-refractivity contribution in [2.75, 3.05) is 13.1 Å². The molecule has 4 nitrogen and oxygen atoms in total. The number of hydrogen-bond donors (Lipinski definition) is 3. The Labute approximate surface area is 134 Å². The van der Waals surface area contributed by atoms with Crippen LogP contribution in [0.25, 0.3) is 0 Å². The normalized spacial score (nSPS) is 19.2. The Morgan fingerprint density at radius 3 is 2.60 bits per heavy atom. The van der Waals surface area contributed by atoms with Gasteiger partial charge in [0.25, 0.3) is 0 Å². The molecule has 1 heterocycles. The molecule has 2 atom stereocenters. The molecule has 7 heteroatoms. The molecule has 3 N–H and O–H groups in total. The standard InChI is InChI=1S/C13H16Cl2N2O2.ClH/c14-9-4-8(5-10(15)6-9)12(18)7-17-13(19)11-2-1-3-16-11;/h4-6,11-12,16,18H,1-3,7H2,(H,17,19);1H/t11-,12?;/m0./s1. The average Bonchev–Trinajstić information content (AvgIpc) is 2.88. The zero-order valence-corrected chi connectivity index (χ0v) is 13.1. The molecule has 2 rings (SSSR count). The van der Waals surface area contributed by atoms with Crippen LogP contribution in [0, 0.1) is 0 Å². The van der Waals surface area contributed by atoms with Crippen molar-refractivity contribution in [1.29, 1.82) is 0 Å². The Balaban J connectivity index is 0.00000200. The number of benzene rings is 1. The lowest BCUT2D eigenvalue weighted by Crippen LogP contribution is -2.41. The van der Waals surface area contributed by atoms with E-state index in [9.17, 15) is 9.90 Å². The molecule has 0 saturated carbocycles. The third kappa shape index (κ3) is 4.79. The number of aliphatic hydroxyl groups excluding tert-OH is 1. The van der Waals surface area contributed by atoms with Crippen molar-refractivity contribution < 1.29 is 9.90 Å². The highest BCUT2D eigenvalue weighted by Crippen LogP contribution is 2.23. The molecular weight excluding hydrogens is 323 g/mol. The average molecular weight is 340 g/mol. The molecule has 1 aromatic rings. The zero-order valence-electron chi connectivity index (χ0n) is 10.7. The highest BCUT2D eigenvalue weighted by atomic mass is 35.5. The smallest absolute Gasteiger partial charge is 0.237 e. The van der Waals surface area contributed by atoms with Crippen molar-refractivity contribution in [1.82, 2.24) is 10.6 Å². The minimum Gasteiger partial charge on any atom is -0.387 e. The van der Waals surface area contributed by atoms with Crippen LogP contribution in [-0.4, -0.2) is 30.1 Å². The molecule has 0 aromatic heterocycles. The highest BCUT2D eigenvalue weighted by molar-refractivity contribution is 6.34. The first-order chi connectivity index (χ1) is 9.06. The first kappa shape index (κ1) is 17.5. The minimum atomic E-state index is -0.818. The van der Waals surface area contributed by atoms with Gasteiger partial charge in [-0.3, -0.25) is 4.79 Å². The summed E-state index contributed by atoms with van der Waals surface area (Å²) < 4.78 is 0. The molecule has 1 saturated heterocycles. The van der Waals surface area contributed by atoms with Gasteiger partial charge >= 0.3 is 0 Å². The summed E-state index contributed by atoms with van der Waals surface area (Å²) in [4.78, 5) is 11.8. The van der Waals surface area contributed by atoms with Gasteiger partial charge in [-0.15, -0.1) is 12.4 Å². The fourth-order valence-electron chi connectivity index (χ4n) is 2.11. The fourth-order valence-corrected chi connectivity index (χ4v) is 2.66. The molecule has 0 bridgehead atoms. The van der Waals surface area contributed by atoms with E-state index in [1.165, 1.54) is 0 Å². The molecule has 1 fully saturated rings. The van der Waals surface area contributed by atoms with Crippen LogP contribution in [0.15, 0.2) is 18.2 Å². The summed E-state index contributed by atoms with van der Waals surface area (Å²) in [6.07, 6.45) is 1.02. The van der Waals surface area contributed by atoms with Gasteiger partial charge in [0, 0.05) is 16.6 Å². The summed E-state index contributed by atoms with van der Waals surface area (Å²) in [7, 11) is 0. The van der Waals surface area contributed by atoms with Crippen molar-refractivity contribution in [3.05, 3.63) is 33.8 Å². The van der Waals surface area contributed by atoms with Gasteiger partial charge in [0.1, 0.15) is 0 Å². The van der Waals surface area contributed by atoms with Gasteiger partial charge < -0.3 is 15.7 Å². The first-order valence-electron chi connectivity index (χ1n) is 6.21. The number of carbonyl (C=O) groups is 1. The maximum atomic E-state index is 11.8. The predicted octanol–water partition coefficient (Wildman–Crippen LogP) is 2.32. The van der Waals surface area contributed by atoms with Gasteiger partial charge in [-0.25, -0.2) is 0 Å². The maximum absolute atomic E-state index is 11.8. The SMILES string of the molecule is Cl.O=C(NCC(O)c1cc(Cl)cc(Cl)c1)[C@@H]1CCCN1. The lowest BCUT2D eigenvalue weighted by Gasteiger charge is -2.15. The summed E-state index contributed by atoms with van der Waals surface area (Å²) in [5, 5.41) is 16.8. The van der Waals surface area contributed by atoms with Crippen LogP contribution < -0.4 is 10.6 Å². The van der Waals surface area contributed by atoms with E-state index in [1.54, 1.807) is 18.2 Å². The lowest BCUT2D eigenvalue weighted by molar-refractivity contribution is -0.123. The van der Waals surface area contributed by atoms with Crippen LogP contribution in [0.4, 0.5) is 0 Å². The van der Waals surface area contributed by atoms with Crippen LogP contribution in [0.5, 0.6) is 0 Å². The number of halogens is 3. The summed E-state index contributed by atoms with van der Waals surface area (Å²) in [6, 6.07) is 4.73. The number of amides is 1. The van der Waals surface area contributed by atoms with E-state index in [-0.39, 0.29) is 30.9 Å². The van der Waals surface area contributed by atoms with Gasteiger partial charge in [0.15, 0.2) is 0 Å². The Morgan fingerprint density at radius 2 is 2.05 bits per heavy atom. The summed E-state index contributed by atoms with van der Waals surface area (Å²) >= 11 is 11.7. The van der Waals surface area contributed by atoms with Gasteiger partial charge in [0.2, 0.25) is 5.91 Å². The van der Waals surface area contributed by atoms with E-state index in [2.05, 4.69) is 10.6 Å². The van der Waals surface area contributed by atoms with E-state index in [1.807, 2.05) is 0 Å². The summed E-state index contributed by atoms with van der Waals surface area (Å²) in [5.41, 5.74) is 0.595. The number of rotatable bonds is 4. The van der Waals surface area contributed by atoms with Gasteiger partial charge in [-0.05, 0) is 43.1 Å². The Hall–Kier alpha value is -0.520. The minimum absolute atomic E-state index is 0. The highest BCUT2D eigenvalue weighted by Gasteiger charge is 2.22. The van der Waals surface area contributed by atoms with E-state index in [4.69, 9.17) is 23.2 Å². The van der Waals surface area contributed by atoms with Gasteiger partial charge in [-0.2, -0.15) is 0 Å². The van der Waals surface area contributed by atoms with E-state index < -0.39 is 6.10 Å².